The van der Waals surface area contributed by atoms with Gasteiger partial charge in [-0.25, -0.2) is 0 Å². The molecule has 0 saturated carbocycles. The summed E-state index contributed by atoms with van der Waals surface area (Å²) >= 11 is 1.54. The highest BCUT2D eigenvalue weighted by atomic mass is 32.1. The minimum Gasteiger partial charge on any atom is -0.398 e. The van der Waals surface area contributed by atoms with Gasteiger partial charge in [-0.15, -0.1) is 11.3 Å². The molecule has 5 nitrogen and oxygen atoms in total. The van der Waals surface area contributed by atoms with Gasteiger partial charge >= 0.3 is 7.12 Å². The van der Waals surface area contributed by atoms with E-state index in [1.54, 1.807) is 24.1 Å². The molecule has 0 radical (unpaired) electrons. The maximum absolute atomic E-state index is 5.95. The second kappa shape index (κ2) is 4.61. The Morgan fingerprint density at radius 2 is 1.70 bits per heavy atom. The van der Waals surface area contributed by atoms with E-state index in [0.29, 0.717) is 5.59 Å². The Morgan fingerprint density at radius 1 is 1.00 bits per heavy atom. The molecule has 1 saturated heterocycles. The second-order valence-electron chi connectivity index (χ2n) is 5.78. The largest absolute Gasteiger partial charge is 0.516 e. The fraction of sp³-hybridized carbons (Fsp3) is 0.462. The molecule has 2 aromatic heterocycles. The molecule has 2 aromatic rings. The maximum atomic E-state index is 5.95. The molecule has 0 N–H and O–H groups in total. The van der Waals surface area contributed by atoms with Crippen LogP contribution in [0.3, 0.4) is 0 Å². The van der Waals surface area contributed by atoms with E-state index in [1.165, 1.54) is 11.3 Å². The number of rotatable bonds is 2. The zero-order chi connectivity index (χ0) is 14.4. The van der Waals surface area contributed by atoms with E-state index >= 15 is 0 Å². The molecule has 0 atom stereocenters. The lowest BCUT2D eigenvalue weighted by Gasteiger charge is -2.32. The van der Waals surface area contributed by atoms with Crippen molar-refractivity contribution < 1.29 is 9.31 Å². The van der Waals surface area contributed by atoms with Gasteiger partial charge in [0.25, 0.3) is 0 Å². The normalized spacial score (nSPS) is 20.3. The maximum Gasteiger partial charge on any atom is 0.516 e. The van der Waals surface area contributed by atoms with Crippen LogP contribution in [0, 0.1) is 0 Å². The van der Waals surface area contributed by atoms with Gasteiger partial charge in [0.15, 0.2) is 0 Å². The molecule has 0 amide bonds. The minimum atomic E-state index is -0.469. The number of nitrogens with zero attached hydrogens (tertiary/aromatic N) is 3. The van der Waals surface area contributed by atoms with Crippen LogP contribution in [0.5, 0.6) is 0 Å². The van der Waals surface area contributed by atoms with Crippen LogP contribution in [0.1, 0.15) is 27.7 Å². The molecule has 3 rings (SSSR count). The summed E-state index contributed by atoms with van der Waals surface area (Å²) in [6.07, 6.45) is 5.22. The highest BCUT2D eigenvalue weighted by Crippen LogP contribution is 2.36. The topological polar surface area (TPSA) is 57.1 Å². The summed E-state index contributed by atoms with van der Waals surface area (Å²) in [4.78, 5) is 13.9. The Labute approximate surface area is 122 Å². The molecule has 104 valence electrons. The summed E-state index contributed by atoms with van der Waals surface area (Å²) in [5.41, 5.74) is 2.55. The van der Waals surface area contributed by atoms with Crippen LogP contribution >= 0.6 is 11.3 Å². The fourth-order valence-electron chi connectivity index (χ4n) is 1.89. The van der Waals surface area contributed by atoms with E-state index in [-0.39, 0.29) is 11.2 Å². The number of aromatic nitrogens is 3. The first-order valence-electron chi connectivity index (χ1n) is 6.45. The molecule has 1 aliphatic heterocycles. The first kappa shape index (κ1) is 13.7. The van der Waals surface area contributed by atoms with Crippen LogP contribution in [-0.2, 0) is 9.31 Å². The standard InChI is InChI=1S/C13H16BN3O2S/c1-12(2)13(3,4)19-14(18-12)11-7-16-9(5-17-11)10-6-15-8-20-10/h5-8H,1-4H3. The minimum absolute atomic E-state index is 0.365. The predicted molar refractivity (Wildman–Crippen MR) is 78.9 cm³/mol. The molecule has 0 aliphatic carbocycles. The zero-order valence-electron chi connectivity index (χ0n) is 12.0. The third-order valence-electron chi connectivity index (χ3n) is 3.85. The molecule has 0 unspecified atom stereocenters. The Hall–Kier alpha value is -1.31. The van der Waals surface area contributed by atoms with Crippen LogP contribution < -0.4 is 5.59 Å². The number of thiazole rings is 1. The van der Waals surface area contributed by atoms with Gasteiger partial charge in [0, 0.05) is 12.4 Å². The number of hydrogen-bond donors (Lipinski definition) is 0. The van der Waals surface area contributed by atoms with Gasteiger partial charge < -0.3 is 9.31 Å². The molecular formula is C13H16BN3O2S. The lowest BCUT2D eigenvalue weighted by molar-refractivity contribution is 0.00578. The van der Waals surface area contributed by atoms with Crippen molar-refractivity contribution in [1.82, 2.24) is 15.0 Å². The molecule has 0 spiro atoms. The molecule has 0 aromatic carbocycles. The van der Waals surface area contributed by atoms with Crippen molar-refractivity contribution in [3.8, 4) is 10.6 Å². The molecule has 1 fully saturated rings. The van der Waals surface area contributed by atoms with Crippen LogP contribution in [0.25, 0.3) is 10.6 Å². The van der Waals surface area contributed by atoms with Crippen molar-refractivity contribution in [1.29, 1.82) is 0 Å². The number of hydrogen-bond acceptors (Lipinski definition) is 6. The van der Waals surface area contributed by atoms with Crippen molar-refractivity contribution in [3.05, 3.63) is 24.1 Å². The Balaban J connectivity index is 1.83. The van der Waals surface area contributed by atoms with Crippen molar-refractivity contribution in [2.24, 2.45) is 0 Å². The van der Waals surface area contributed by atoms with Gasteiger partial charge in [-0.3, -0.25) is 15.0 Å². The van der Waals surface area contributed by atoms with Crippen molar-refractivity contribution >= 4 is 24.0 Å². The predicted octanol–water partition coefficient (Wildman–Crippen LogP) is 1.90. The Kier molecular flexibility index (Phi) is 3.15. The quantitative estimate of drug-likeness (QED) is 0.790. The van der Waals surface area contributed by atoms with E-state index in [4.69, 9.17) is 9.31 Å². The van der Waals surface area contributed by atoms with Gasteiger partial charge in [-0.05, 0) is 27.7 Å². The van der Waals surface area contributed by atoms with Gasteiger partial charge in [0.2, 0.25) is 0 Å². The van der Waals surface area contributed by atoms with Crippen molar-refractivity contribution in [3.63, 3.8) is 0 Å². The Bertz CT molecular complexity index is 583. The lowest BCUT2D eigenvalue weighted by atomic mass is 9.85. The molecule has 20 heavy (non-hydrogen) atoms. The Morgan fingerprint density at radius 3 is 2.20 bits per heavy atom. The monoisotopic (exact) mass is 289 g/mol. The smallest absolute Gasteiger partial charge is 0.398 e. The molecular weight excluding hydrogens is 273 g/mol. The SMILES string of the molecule is CC1(C)OB(c2cnc(-c3cncs3)cn2)OC1(C)C. The first-order valence-corrected chi connectivity index (χ1v) is 7.33. The van der Waals surface area contributed by atoms with Gasteiger partial charge in [0.1, 0.15) is 5.69 Å². The van der Waals surface area contributed by atoms with Crippen LogP contribution in [0.15, 0.2) is 24.1 Å². The van der Waals surface area contributed by atoms with Crippen LogP contribution in [0.2, 0.25) is 0 Å². The molecule has 0 bridgehead atoms. The van der Waals surface area contributed by atoms with Gasteiger partial charge in [-0.2, -0.15) is 0 Å². The van der Waals surface area contributed by atoms with Crippen molar-refractivity contribution in [2.75, 3.05) is 0 Å². The van der Waals surface area contributed by atoms with E-state index in [2.05, 4.69) is 15.0 Å². The average molecular weight is 289 g/mol. The third kappa shape index (κ3) is 2.26. The highest BCUT2D eigenvalue weighted by molar-refractivity contribution is 7.13. The first-order chi connectivity index (χ1) is 9.39. The van der Waals surface area contributed by atoms with E-state index in [0.717, 1.165) is 10.6 Å². The summed E-state index contributed by atoms with van der Waals surface area (Å²) in [6.45, 7) is 8.08. The molecule has 7 heteroatoms. The summed E-state index contributed by atoms with van der Waals surface area (Å²) in [6, 6.07) is 0. The summed E-state index contributed by atoms with van der Waals surface area (Å²) in [5.74, 6) is 0. The third-order valence-corrected chi connectivity index (χ3v) is 4.65. The van der Waals surface area contributed by atoms with Crippen LogP contribution in [-0.4, -0.2) is 33.3 Å². The zero-order valence-corrected chi connectivity index (χ0v) is 12.8. The molecule has 3 heterocycles. The van der Waals surface area contributed by atoms with E-state index in [1.807, 2.05) is 27.7 Å². The van der Waals surface area contributed by atoms with Crippen LogP contribution in [0.4, 0.5) is 0 Å². The summed E-state index contributed by atoms with van der Waals surface area (Å²) in [7, 11) is -0.469. The molecule has 1 aliphatic rings. The van der Waals surface area contributed by atoms with Gasteiger partial charge in [-0.1, -0.05) is 0 Å². The lowest BCUT2D eigenvalue weighted by Crippen LogP contribution is -2.41. The van der Waals surface area contributed by atoms with E-state index < -0.39 is 7.12 Å². The second-order valence-corrected chi connectivity index (χ2v) is 6.67. The van der Waals surface area contributed by atoms with Gasteiger partial charge in [0.05, 0.1) is 33.4 Å². The fourth-order valence-corrected chi connectivity index (χ4v) is 2.48. The summed E-state index contributed by atoms with van der Waals surface area (Å²) < 4.78 is 11.9. The highest BCUT2D eigenvalue weighted by Gasteiger charge is 2.52. The average Bonchev–Trinajstić information content (AvgIpc) is 2.97. The van der Waals surface area contributed by atoms with Crippen molar-refractivity contribution in [2.45, 2.75) is 38.9 Å². The summed E-state index contributed by atoms with van der Waals surface area (Å²) in [5, 5.41) is 0. The van der Waals surface area contributed by atoms with E-state index in [9.17, 15) is 0 Å².